The molecule has 0 bridgehead atoms. The summed E-state index contributed by atoms with van der Waals surface area (Å²) in [5.74, 6) is -2.79. The smallest absolute Gasteiger partial charge is 0.329 e. The molecule has 0 radical (unpaired) electrons. The molecule has 0 fully saturated rings. The number of amides is 4. The van der Waals surface area contributed by atoms with Crippen LogP contribution < -0.4 is 60.7 Å². The van der Waals surface area contributed by atoms with Crippen LogP contribution >= 0.6 is 0 Å². The van der Waals surface area contributed by atoms with Gasteiger partial charge in [-0.05, 0) is 111 Å². The minimum Gasteiger partial charge on any atom is -0.377 e. The number of anilines is 8. The van der Waals surface area contributed by atoms with Crippen molar-refractivity contribution in [2.24, 2.45) is 0 Å². The summed E-state index contributed by atoms with van der Waals surface area (Å²) < 4.78 is 62.6. The first-order valence-corrected chi connectivity index (χ1v) is 24.6. The Hall–Kier alpha value is -8.24. The third kappa shape index (κ3) is 13.0. The number of hydrogen-bond donors (Lipinski definition) is 8. The Labute approximate surface area is 407 Å². The molecule has 4 aromatic carbocycles. The molecular formula is C48H56N12O8S2+2. The number of hydrogen-bond acceptors (Lipinski definition) is 12. The van der Waals surface area contributed by atoms with Crippen LogP contribution in [0.15, 0.2) is 132 Å². The fraction of sp³-hybridized carbons (Fsp3) is 0.208. The molecule has 22 heteroatoms. The summed E-state index contributed by atoms with van der Waals surface area (Å²) >= 11 is 0. The topological polar surface area (TPSA) is 247 Å². The molecule has 2 heterocycles. The number of hydrazine groups is 2. The van der Waals surface area contributed by atoms with Crippen molar-refractivity contribution in [2.75, 3.05) is 68.9 Å². The molecule has 20 nitrogen and oxygen atoms in total. The fourth-order valence-corrected chi connectivity index (χ4v) is 9.67. The van der Waals surface area contributed by atoms with E-state index in [0.717, 1.165) is 11.4 Å². The summed E-state index contributed by atoms with van der Waals surface area (Å²) in [5.41, 5.74) is 15.6. The average molecular weight is 993 g/mol. The number of nitrogens with one attached hydrogen (secondary N) is 8. The number of sulfonamides is 2. The van der Waals surface area contributed by atoms with E-state index in [9.17, 15) is 36.0 Å². The molecule has 6 aromatic rings. The van der Waals surface area contributed by atoms with Crippen LogP contribution in [0, 0.1) is 27.7 Å². The van der Waals surface area contributed by atoms with Gasteiger partial charge in [0.25, 0.3) is 31.9 Å². The number of carbonyl (C=O) groups is 4. The molecule has 8 N–H and O–H groups in total. The van der Waals surface area contributed by atoms with Crippen molar-refractivity contribution in [1.82, 2.24) is 10.9 Å². The van der Waals surface area contributed by atoms with Crippen LogP contribution in [0.4, 0.5) is 45.5 Å². The molecule has 0 aliphatic carbocycles. The van der Waals surface area contributed by atoms with Crippen molar-refractivity contribution in [2.45, 2.75) is 50.6 Å². The summed E-state index contributed by atoms with van der Waals surface area (Å²) in [4.78, 5) is 54.9. The van der Waals surface area contributed by atoms with Crippen LogP contribution in [0.2, 0.25) is 0 Å². The van der Waals surface area contributed by atoms with Crippen LogP contribution in [0.5, 0.6) is 0 Å². The molecule has 0 aliphatic heterocycles. The predicted octanol–water partition coefficient (Wildman–Crippen LogP) is 4.09. The molecule has 0 saturated carbocycles. The third-order valence-electron chi connectivity index (χ3n) is 10.9. The van der Waals surface area contributed by atoms with Gasteiger partial charge in [-0.25, -0.2) is 16.8 Å². The largest absolute Gasteiger partial charge is 0.377 e. The zero-order chi connectivity index (χ0) is 50.9. The van der Waals surface area contributed by atoms with Gasteiger partial charge in [0.1, 0.15) is 0 Å². The highest BCUT2D eigenvalue weighted by Crippen LogP contribution is 2.30. The van der Waals surface area contributed by atoms with E-state index in [4.69, 9.17) is 0 Å². The first-order chi connectivity index (χ1) is 33.1. The molecular weight excluding hydrogens is 937 g/mol. The van der Waals surface area contributed by atoms with Gasteiger partial charge in [-0.15, -0.1) is 0 Å². The number of nitrogens with zero attached hydrogens (tertiary/aromatic N) is 4. The zero-order valence-corrected chi connectivity index (χ0v) is 41.5. The maximum atomic E-state index is 13.5. The maximum absolute atomic E-state index is 13.5. The van der Waals surface area contributed by atoms with Gasteiger partial charge < -0.3 is 20.4 Å². The second-order valence-corrected chi connectivity index (χ2v) is 19.9. The maximum Gasteiger partial charge on any atom is 0.329 e. The van der Waals surface area contributed by atoms with E-state index < -0.39 is 31.9 Å². The molecule has 0 aliphatic rings. The highest BCUT2D eigenvalue weighted by molar-refractivity contribution is 7.93. The Bertz CT molecular complexity index is 2920. The number of benzene rings is 4. The Kier molecular flexibility index (Phi) is 15.9. The van der Waals surface area contributed by atoms with E-state index in [0.29, 0.717) is 45.0 Å². The van der Waals surface area contributed by atoms with E-state index in [2.05, 4.69) is 41.8 Å². The molecule has 0 spiro atoms. The van der Waals surface area contributed by atoms with Gasteiger partial charge in [0.2, 0.25) is 13.1 Å². The number of carbonyl (C=O) groups excluding carboxylic acids is 4. The average Bonchev–Trinajstić information content (AvgIpc) is 3.31. The second-order valence-electron chi connectivity index (χ2n) is 16.6. The lowest BCUT2D eigenvalue weighted by molar-refractivity contribution is -0.684. The number of rotatable bonds is 18. The normalized spacial score (nSPS) is 11.1. The minimum atomic E-state index is -4.11. The van der Waals surface area contributed by atoms with Gasteiger partial charge >= 0.3 is 11.8 Å². The van der Waals surface area contributed by atoms with Gasteiger partial charge in [0.05, 0.1) is 21.2 Å². The van der Waals surface area contributed by atoms with Crippen molar-refractivity contribution < 1.29 is 45.1 Å². The molecule has 4 amide bonds. The second kappa shape index (κ2) is 21.8. The molecule has 366 valence electrons. The number of aryl methyl sites for hydroxylation is 2. The van der Waals surface area contributed by atoms with Gasteiger partial charge in [-0.1, -0.05) is 12.1 Å². The Morgan fingerprint density at radius 2 is 0.771 bits per heavy atom. The molecule has 70 heavy (non-hydrogen) atoms. The summed E-state index contributed by atoms with van der Waals surface area (Å²) in [6.07, 6.45) is 7.14. The fourth-order valence-electron chi connectivity index (χ4n) is 7.05. The quantitative estimate of drug-likeness (QED) is 0.0345. The van der Waals surface area contributed by atoms with Crippen LogP contribution in [0.3, 0.4) is 0 Å². The van der Waals surface area contributed by atoms with Crippen molar-refractivity contribution in [1.29, 1.82) is 0 Å². The van der Waals surface area contributed by atoms with Crippen LogP contribution in [0.25, 0.3) is 0 Å². The van der Waals surface area contributed by atoms with Crippen LogP contribution in [-0.2, 0) is 52.3 Å². The summed E-state index contributed by atoms with van der Waals surface area (Å²) in [6, 6.07) is 25.4. The van der Waals surface area contributed by atoms with Gasteiger partial charge in [-0.2, -0.15) is 9.13 Å². The van der Waals surface area contributed by atoms with E-state index in [1.54, 1.807) is 73.7 Å². The Balaban J connectivity index is 0.969. The third-order valence-corrected chi connectivity index (χ3v) is 14.0. The SMILES string of the molecule is Cc1ccc(S(=O)(=O)Nc2ccc(NNC(=O)C(=O)NNc3ccc(NS(=O)(=O)c4ccc(C)c(NC(=O)C[n+]5ccc(N(C)C)cc5)c4C)cc3)cc2)c(C)c1NC(=O)C[n+]1ccc(N(C)C)cc1. The van der Waals surface area contributed by atoms with Gasteiger partial charge in [0, 0.05) is 86.6 Å². The van der Waals surface area contributed by atoms with E-state index >= 15 is 0 Å². The van der Waals surface area contributed by atoms with E-state index in [1.807, 2.05) is 62.3 Å². The minimum absolute atomic E-state index is 0.0207. The monoisotopic (exact) mass is 992 g/mol. The number of aromatic nitrogens is 2. The van der Waals surface area contributed by atoms with Crippen molar-refractivity contribution in [3.63, 3.8) is 0 Å². The van der Waals surface area contributed by atoms with E-state index in [-0.39, 0.29) is 46.1 Å². The van der Waals surface area contributed by atoms with Crippen LogP contribution in [0.1, 0.15) is 22.3 Å². The van der Waals surface area contributed by atoms with Crippen LogP contribution in [-0.4, -0.2) is 68.7 Å². The summed E-state index contributed by atoms with van der Waals surface area (Å²) in [5, 5.41) is 5.71. The first-order valence-electron chi connectivity index (χ1n) is 21.6. The molecule has 6 rings (SSSR count). The number of pyridine rings is 2. The lowest BCUT2D eigenvalue weighted by Crippen LogP contribution is -2.44. The summed E-state index contributed by atoms with van der Waals surface area (Å²) in [6.45, 7) is 6.81. The van der Waals surface area contributed by atoms with Crippen molar-refractivity contribution in [3.8, 4) is 0 Å². The Morgan fingerprint density at radius 1 is 0.457 bits per heavy atom. The standard InChI is InChI=1S/C48H54N12O8S2/c1-31-9-19-41(33(3)45(31)49-43(61)29-59-25-21-39(22-26-59)57(5)6)69(65,66)55-37-15-11-35(12-16-37)51-53-47(63)48(64)54-52-36-13-17-38(18-14-36)56-70(67,68)42-20-10-32(2)46(34(42)4)50-44(62)30-60-27-23-40(24-28-60)58(7)8/h9-28H,29-30H2,1-8H3,(H6-2,49,50,51,52,53,54,55,56,61,62,63,64)/p+2. The van der Waals surface area contributed by atoms with Gasteiger partial charge in [0.15, 0.2) is 24.8 Å². The van der Waals surface area contributed by atoms with E-state index in [1.165, 1.54) is 60.7 Å². The Morgan fingerprint density at radius 3 is 1.09 bits per heavy atom. The lowest BCUT2D eigenvalue weighted by Gasteiger charge is -2.16. The summed E-state index contributed by atoms with van der Waals surface area (Å²) in [7, 11) is -0.560. The zero-order valence-electron chi connectivity index (χ0n) is 39.8. The van der Waals surface area contributed by atoms with Crippen molar-refractivity contribution in [3.05, 3.63) is 144 Å². The molecule has 0 saturated heterocycles. The molecule has 0 atom stereocenters. The van der Waals surface area contributed by atoms with Gasteiger partial charge in [-0.3, -0.25) is 50.3 Å². The molecule has 2 aromatic heterocycles. The first kappa shape index (κ1) is 51.2. The predicted molar refractivity (Wildman–Crippen MR) is 269 cm³/mol. The lowest BCUT2D eigenvalue weighted by atomic mass is 10.1. The van der Waals surface area contributed by atoms with Crippen molar-refractivity contribution >= 4 is 89.2 Å². The molecule has 0 unspecified atom stereocenters. The highest BCUT2D eigenvalue weighted by atomic mass is 32.2. The highest BCUT2D eigenvalue weighted by Gasteiger charge is 2.24.